The number of phenolic OH excluding ortho intramolecular Hbond substituents is 10. The molecule has 8 aromatic carbocycles. The second-order valence-electron chi connectivity index (χ2n) is 18.2. The fraction of sp³-hybridized carbons (Fsp3) is 0.143. The van der Waals surface area contributed by atoms with E-state index in [1.165, 1.54) is 48.5 Å². The van der Waals surface area contributed by atoms with E-state index in [2.05, 4.69) is 0 Å². The van der Waals surface area contributed by atoms with Crippen LogP contribution in [0.3, 0.4) is 0 Å². The van der Waals surface area contributed by atoms with E-state index in [1.54, 1.807) is 97.1 Å². The smallest absolute Gasteiger partial charge is 0.135 e. The van der Waals surface area contributed by atoms with Crippen LogP contribution in [-0.4, -0.2) is 51.1 Å². The lowest BCUT2D eigenvalue weighted by Crippen LogP contribution is -2.33. The number of hydrogen-bond donors (Lipinski definition) is 10. The predicted octanol–water partition coefficient (Wildman–Crippen LogP) is 10.4. The van der Waals surface area contributed by atoms with Crippen LogP contribution in [0.5, 0.6) is 69.0 Å². The van der Waals surface area contributed by atoms with Crippen molar-refractivity contribution in [1.29, 1.82) is 0 Å². The Morgan fingerprint density at radius 3 is 0.897 bits per heavy atom. The summed E-state index contributed by atoms with van der Waals surface area (Å²) in [7, 11) is 0. The van der Waals surface area contributed by atoms with Crippen LogP contribution in [-0.2, 0) is 0 Å². The molecule has 0 aromatic heterocycles. The summed E-state index contributed by atoms with van der Waals surface area (Å²) in [4.78, 5) is 0. The van der Waals surface area contributed by atoms with Crippen LogP contribution in [0, 0.1) is 0 Å². The van der Waals surface area contributed by atoms with E-state index in [0.29, 0.717) is 78.3 Å². The highest BCUT2D eigenvalue weighted by Crippen LogP contribution is 2.69. The van der Waals surface area contributed by atoms with Crippen LogP contribution in [0.4, 0.5) is 0 Å². The Labute approximate surface area is 388 Å². The zero-order valence-corrected chi connectivity index (χ0v) is 35.8. The lowest BCUT2D eigenvalue weighted by Gasteiger charge is -2.46. The number of ether oxygens (including phenoxy) is 2. The second kappa shape index (κ2) is 14.9. The average Bonchev–Trinajstić information content (AvgIpc) is 3.87. The summed E-state index contributed by atoms with van der Waals surface area (Å²) in [5, 5.41) is 115. The second-order valence-corrected chi connectivity index (χ2v) is 18.2. The standard InChI is InChI=1S/C56H42O12/c57-29-9-1-25(2-10-29)45-47-37(17-33(61)21-41(47)65)53-50-40(20-36(64)24-44(50)68-55(53)27-5-13-31(59)14-6-27)52-46(26-3-11-30(58)12-4-26)48-38(18-34(62)22-42(48)66)54-49-39(51(45)52)19-35(63)23-43(49)67-56(54)28-7-15-32(60)16-8-28/h1-24,45-46,51-66H/t45-,46+,51-,52+,53+,54-,55-,56+. The molecule has 0 amide bonds. The van der Waals surface area contributed by atoms with Crippen molar-refractivity contribution < 1.29 is 60.5 Å². The monoisotopic (exact) mass is 906 g/mol. The zero-order valence-electron chi connectivity index (χ0n) is 35.8. The summed E-state index contributed by atoms with van der Waals surface area (Å²) in [5.74, 6) is -6.01. The van der Waals surface area contributed by atoms with Crippen molar-refractivity contribution in [3.05, 3.63) is 212 Å². The Balaban J connectivity index is 1.29. The number of phenols is 10. The molecule has 12 nitrogen and oxygen atoms in total. The van der Waals surface area contributed by atoms with Crippen LogP contribution < -0.4 is 9.47 Å². The molecule has 8 atom stereocenters. The first-order valence-electron chi connectivity index (χ1n) is 22.2. The molecule has 8 aromatic rings. The van der Waals surface area contributed by atoms with Crippen LogP contribution in [0.15, 0.2) is 146 Å². The number of hydrogen-bond acceptors (Lipinski definition) is 12. The molecule has 2 heterocycles. The van der Waals surface area contributed by atoms with E-state index in [0.717, 1.165) is 0 Å². The van der Waals surface area contributed by atoms with Crippen LogP contribution in [0.25, 0.3) is 0 Å². The van der Waals surface area contributed by atoms with Crippen molar-refractivity contribution in [3.8, 4) is 69.0 Å². The normalized spacial score (nSPS) is 22.6. The molecule has 0 saturated heterocycles. The molecular formula is C56H42O12. The summed E-state index contributed by atoms with van der Waals surface area (Å²) in [6, 6.07) is 38.3. The first kappa shape index (κ1) is 40.8. The molecule has 4 aliphatic rings. The van der Waals surface area contributed by atoms with Gasteiger partial charge in [-0.25, -0.2) is 0 Å². The Kier molecular flexibility index (Phi) is 8.97. The molecule has 338 valence electrons. The van der Waals surface area contributed by atoms with Gasteiger partial charge in [-0.05, 0) is 117 Å². The molecule has 0 radical (unpaired) electrons. The highest BCUT2D eigenvalue weighted by molar-refractivity contribution is 5.71. The predicted molar refractivity (Wildman–Crippen MR) is 248 cm³/mol. The van der Waals surface area contributed by atoms with Gasteiger partial charge in [-0.2, -0.15) is 0 Å². The van der Waals surface area contributed by atoms with Crippen LogP contribution in [0.1, 0.15) is 114 Å². The van der Waals surface area contributed by atoms with Crippen molar-refractivity contribution >= 4 is 0 Å². The van der Waals surface area contributed by atoms with Crippen molar-refractivity contribution in [1.82, 2.24) is 0 Å². The van der Waals surface area contributed by atoms with Gasteiger partial charge in [0.2, 0.25) is 0 Å². The number of benzene rings is 8. The van der Waals surface area contributed by atoms with Gasteiger partial charge in [0.15, 0.2) is 0 Å². The molecular weight excluding hydrogens is 865 g/mol. The van der Waals surface area contributed by atoms with Gasteiger partial charge in [-0.3, -0.25) is 0 Å². The quantitative estimate of drug-likeness (QED) is 0.0797. The summed E-state index contributed by atoms with van der Waals surface area (Å²) in [6.45, 7) is 0. The molecule has 10 N–H and O–H groups in total. The van der Waals surface area contributed by atoms with Gasteiger partial charge >= 0.3 is 0 Å². The minimum Gasteiger partial charge on any atom is -0.508 e. The van der Waals surface area contributed by atoms with E-state index in [9.17, 15) is 51.1 Å². The van der Waals surface area contributed by atoms with Gasteiger partial charge in [-0.15, -0.1) is 0 Å². The summed E-state index contributed by atoms with van der Waals surface area (Å²) < 4.78 is 13.8. The maximum atomic E-state index is 12.6. The van der Waals surface area contributed by atoms with E-state index >= 15 is 0 Å². The Morgan fingerprint density at radius 2 is 0.559 bits per heavy atom. The average molecular weight is 907 g/mol. The molecule has 0 bridgehead atoms. The third-order valence-corrected chi connectivity index (χ3v) is 14.5. The molecule has 68 heavy (non-hydrogen) atoms. The largest absolute Gasteiger partial charge is 0.508 e. The van der Waals surface area contributed by atoms with E-state index < -0.39 is 47.7 Å². The number of aromatic hydroxyl groups is 10. The summed E-state index contributed by atoms with van der Waals surface area (Å²) in [6.07, 6.45) is -1.70. The Bertz CT molecular complexity index is 3110. The molecule has 0 spiro atoms. The number of rotatable bonds is 4. The van der Waals surface area contributed by atoms with Gasteiger partial charge in [-0.1, -0.05) is 48.5 Å². The Hall–Kier alpha value is -8.64. The first-order valence-corrected chi connectivity index (χ1v) is 22.2. The third kappa shape index (κ3) is 6.20. The zero-order chi connectivity index (χ0) is 46.9. The molecule has 2 aliphatic heterocycles. The van der Waals surface area contributed by atoms with E-state index in [1.807, 2.05) is 0 Å². The van der Waals surface area contributed by atoms with Crippen molar-refractivity contribution in [3.63, 3.8) is 0 Å². The fourth-order valence-electron chi connectivity index (χ4n) is 12.0. The fourth-order valence-corrected chi connectivity index (χ4v) is 12.0. The van der Waals surface area contributed by atoms with Crippen molar-refractivity contribution in [2.75, 3.05) is 0 Å². The molecule has 0 unspecified atom stereocenters. The topological polar surface area (TPSA) is 221 Å². The van der Waals surface area contributed by atoms with Gasteiger partial charge < -0.3 is 60.5 Å². The summed E-state index contributed by atoms with van der Waals surface area (Å²) in [5.41, 5.74) is 6.51. The number of fused-ring (bicyclic) bond motifs is 7. The van der Waals surface area contributed by atoms with E-state index in [-0.39, 0.29) is 57.5 Å². The maximum Gasteiger partial charge on any atom is 0.135 e. The molecule has 12 rings (SSSR count). The van der Waals surface area contributed by atoms with Gasteiger partial charge in [0.1, 0.15) is 81.2 Å². The van der Waals surface area contributed by atoms with Crippen LogP contribution >= 0.6 is 0 Å². The SMILES string of the molecule is Oc1ccc([C@@H]2c3c(O)cc(O)cc3[C@H]3c4c(cc(O)cc4[C@H]4[C@@H](c5ccc(O)cc5)c5c(O)cc(O)cc5[C@@H]5c6c(cc(O)cc6[C@H]24)O[C@H]5c2ccc(O)cc2)O[C@@H]3c2ccc(O)cc2)cc1. The Morgan fingerprint density at radius 1 is 0.265 bits per heavy atom. The molecule has 2 aliphatic carbocycles. The summed E-state index contributed by atoms with van der Waals surface area (Å²) >= 11 is 0. The third-order valence-electron chi connectivity index (χ3n) is 14.5. The maximum absolute atomic E-state index is 12.6. The van der Waals surface area contributed by atoms with Gasteiger partial charge in [0, 0.05) is 70.2 Å². The highest BCUT2D eigenvalue weighted by atomic mass is 16.5. The van der Waals surface area contributed by atoms with Crippen molar-refractivity contribution in [2.45, 2.75) is 47.7 Å². The molecule has 12 heteroatoms. The minimum absolute atomic E-state index is 0.0236. The molecule has 0 fully saturated rings. The van der Waals surface area contributed by atoms with Crippen LogP contribution in [0.2, 0.25) is 0 Å². The van der Waals surface area contributed by atoms with Gasteiger partial charge in [0.05, 0.1) is 11.8 Å². The van der Waals surface area contributed by atoms with Crippen molar-refractivity contribution in [2.24, 2.45) is 0 Å². The lowest BCUT2D eigenvalue weighted by molar-refractivity contribution is 0.219. The lowest BCUT2D eigenvalue weighted by atomic mass is 9.55. The van der Waals surface area contributed by atoms with Gasteiger partial charge in [0.25, 0.3) is 0 Å². The molecule has 0 saturated carbocycles. The minimum atomic E-state index is -0.934. The first-order chi connectivity index (χ1) is 32.8. The highest BCUT2D eigenvalue weighted by Gasteiger charge is 2.55. The van der Waals surface area contributed by atoms with E-state index in [4.69, 9.17) is 9.47 Å².